The molecule has 0 aliphatic carbocycles. The van der Waals surface area contributed by atoms with Gasteiger partial charge in [-0.15, -0.1) is 0 Å². The maximum absolute atomic E-state index is 8.82. The van der Waals surface area contributed by atoms with Crippen molar-refractivity contribution >= 4 is 0 Å². The van der Waals surface area contributed by atoms with Crippen LogP contribution in [0.4, 0.5) is 0 Å². The minimum absolute atomic E-state index is 0.140. The highest BCUT2D eigenvalue weighted by molar-refractivity contribution is 5.31. The molecule has 3 nitrogen and oxygen atoms in total. The highest BCUT2D eigenvalue weighted by atomic mass is 16.5. The zero-order chi connectivity index (χ0) is 10.7. The molecule has 2 atom stereocenters. The number of nitriles is 1. The van der Waals surface area contributed by atoms with Crippen molar-refractivity contribution in [3.8, 4) is 11.8 Å². The minimum Gasteiger partial charge on any atom is -0.497 e. The number of methoxy groups -OCH3 is 1. The van der Waals surface area contributed by atoms with E-state index in [9.17, 15) is 0 Å². The van der Waals surface area contributed by atoms with Crippen LogP contribution in [0.15, 0.2) is 24.3 Å². The predicted octanol–water partition coefficient (Wildman–Crippen LogP) is 1.87. The van der Waals surface area contributed by atoms with Crippen molar-refractivity contribution < 1.29 is 4.74 Å². The summed E-state index contributed by atoms with van der Waals surface area (Å²) in [6.45, 7) is 0.790. The first-order valence-electron chi connectivity index (χ1n) is 5.10. The van der Waals surface area contributed by atoms with Gasteiger partial charge in [0, 0.05) is 12.6 Å². The van der Waals surface area contributed by atoms with Gasteiger partial charge >= 0.3 is 0 Å². The van der Waals surface area contributed by atoms with Gasteiger partial charge in [0.15, 0.2) is 0 Å². The van der Waals surface area contributed by atoms with E-state index in [1.165, 1.54) is 5.56 Å². The van der Waals surface area contributed by atoms with Crippen molar-refractivity contribution in [2.45, 2.75) is 12.5 Å². The standard InChI is InChI=1S/C12H14N2O/c1-15-11-4-2-3-10(6-11)12-5-9(7-13)8-14-12/h2-4,6,9,12,14H,5,8H2,1H3. The lowest BCUT2D eigenvalue weighted by molar-refractivity contribution is 0.413. The van der Waals surface area contributed by atoms with Crippen molar-refractivity contribution in [1.82, 2.24) is 5.32 Å². The molecule has 1 aromatic rings. The first-order chi connectivity index (χ1) is 7.33. The van der Waals surface area contributed by atoms with Crippen molar-refractivity contribution in [2.24, 2.45) is 5.92 Å². The highest BCUT2D eigenvalue weighted by Gasteiger charge is 2.24. The molecule has 0 amide bonds. The molecular weight excluding hydrogens is 188 g/mol. The second kappa shape index (κ2) is 4.33. The van der Waals surface area contributed by atoms with Crippen LogP contribution in [-0.2, 0) is 0 Å². The molecule has 15 heavy (non-hydrogen) atoms. The fourth-order valence-corrected chi connectivity index (χ4v) is 1.95. The zero-order valence-corrected chi connectivity index (χ0v) is 8.73. The van der Waals surface area contributed by atoms with Crippen LogP contribution in [0, 0.1) is 17.2 Å². The first kappa shape index (κ1) is 10.0. The number of nitrogens with zero attached hydrogens (tertiary/aromatic N) is 1. The molecule has 1 saturated heterocycles. The summed E-state index contributed by atoms with van der Waals surface area (Å²) in [5.74, 6) is 1.01. The third-order valence-corrected chi connectivity index (χ3v) is 2.81. The Morgan fingerprint density at radius 2 is 2.40 bits per heavy atom. The van der Waals surface area contributed by atoms with Crippen molar-refractivity contribution in [3.05, 3.63) is 29.8 Å². The Morgan fingerprint density at radius 3 is 3.07 bits per heavy atom. The Labute approximate surface area is 89.7 Å². The summed E-state index contributed by atoms with van der Waals surface area (Å²) in [6, 6.07) is 10.6. The van der Waals surface area contributed by atoms with E-state index in [1.54, 1.807) is 7.11 Å². The van der Waals surface area contributed by atoms with Gasteiger partial charge in [0.25, 0.3) is 0 Å². The fraction of sp³-hybridized carbons (Fsp3) is 0.417. The van der Waals surface area contributed by atoms with Crippen LogP contribution in [0.2, 0.25) is 0 Å². The summed E-state index contributed by atoms with van der Waals surface area (Å²) in [5, 5.41) is 12.2. The van der Waals surface area contributed by atoms with Gasteiger partial charge in [-0.25, -0.2) is 0 Å². The first-order valence-corrected chi connectivity index (χ1v) is 5.10. The van der Waals surface area contributed by atoms with E-state index in [4.69, 9.17) is 10.00 Å². The lowest BCUT2D eigenvalue weighted by Gasteiger charge is -2.11. The van der Waals surface area contributed by atoms with Crippen LogP contribution in [0.5, 0.6) is 5.75 Å². The summed E-state index contributed by atoms with van der Waals surface area (Å²) in [4.78, 5) is 0. The van der Waals surface area contributed by atoms with E-state index >= 15 is 0 Å². The molecule has 2 rings (SSSR count). The highest BCUT2D eigenvalue weighted by Crippen LogP contribution is 2.28. The van der Waals surface area contributed by atoms with Gasteiger partial charge in [-0.05, 0) is 24.1 Å². The van der Waals surface area contributed by atoms with Crippen molar-refractivity contribution in [1.29, 1.82) is 5.26 Å². The van der Waals surface area contributed by atoms with E-state index in [0.29, 0.717) is 6.04 Å². The summed E-state index contributed by atoms with van der Waals surface area (Å²) < 4.78 is 5.17. The Balaban J connectivity index is 2.13. The SMILES string of the molecule is COc1cccc(C2CC(C#N)CN2)c1. The van der Waals surface area contributed by atoms with Crippen LogP contribution in [-0.4, -0.2) is 13.7 Å². The van der Waals surface area contributed by atoms with E-state index in [2.05, 4.69) is 17.5 Å². The second-order valence-corrected chi connectivity index (χ2v) is 3.80. The van der Waals surface area contributed by atoms with Gasteiger partial charge in [0.05, 0.1) is 19.1 Å². The Hall–Kier alpha value is -1.53. The van der Waals surface area contributed by atoms with E-state index in [0.717, 1.165) is 18.7 Å². The Bertz CT molecular complexity index is 383. The van der Waals surface area contributed by atoms with E-state index in [-0.39, 0.29) is 5.92 Å². The van der Waals surface area contributed by atoms with Crippen molar-refractivity contribution in [3.63, 3.8) is 0 Å². The van der Waals surface area contributed by atoms with Crippen molar-refractivity contribution in [2.75, 3.05) is 13.7 Å². The number of rotatable bonds is 2. The molecular formula is C12H14N2O. The molecule has 2 unspecified atom stereocenters. The molecule has 1 fully saturated rings. The van der Waals surface area contributed by atoms with Gasteiger partial charge in [-0.3, -0.25) is 0 Å². The quantitative estimate of drug-likeness (QED) is 0.796. The molecule has 78 valence electrons. The average Bonchev–Trinajstić information content (AvgIpc) is 2.78. The molecule has 0 bridgehead atoms. The van der Waals surface area contributed by atoms with Gasteiger partial charge in [-0.2, -0.15) is 5.26 Å². The smallest absolute Gasteiger partial charge is 0.119 e. The molecule has 0 radical (unpaired) electrons. The monoisotopic (exact) mass is 202 g/mol. The van der Waals surface area contributed by atoms with Crippen LogP contribution in [0.25, 0.3) is 0 Å². The molecule has 0 saturated carbocycles. The number of nitrogens with one attached hydrogen (secondary N) is 1. The topological polar surface area (TPSA) is 45.0 Å². The molecule has 0 aromatic heterocycles. The van der Waals surface area contributed by atoms with Gasteiger partial charge < -0.3 is 10.1 Å². The number of hydrogen-bond acceptors (Lipinski definition) is 3. The largest absolute Gasteiger partial charge is 0.497 e. The minimum atomic E-state index is 0.140. The van der Waals surface area contributed by atoms with Crippen LogP contribution in [0.3, 0.4) is 0 Å². The summed E-state index contributed by atoms with van der Waals surface area (Å²) in [7, 11) is 1.67. The lowest BCUT2D eigenvalue weighted by Crippen LogP contribution is -2.13. The summed E-state index contributed by atoms with van der Waals surface area (Å²) in [5.41, 5.74) is 1.20. The fourth-order valence-electron chi connectivity index (χ4n) is 1.95. The lowest BCUT2D eigenvalue weighted by atomic mass is 10.0. The maximum Gasteiger partial charge on any atom is 0.119 e. The Kier molecular flexibility index (Phi) is 2.89. The van der Waals surface area contributed by atoms with Crippen LogP contribution < -0.4 is 10.1 Å². The molecule has 3 heteroatoms. The summed E-state index contributed by atoms with van der Waals surface area (Å²) >= 11 is 0. The van der Waals surface area contributed by atoms with Gasteiger partial charge in [0.2, 0.25) is 0 Å². The molecule has 1 aliphatic heterocycles. The third-order valence-electron chi connectivity index (χ3n) is 2.81. The van der Waals surface area contributed by atoms with E-state index in [1.807, 2.05) is 18.2 Å². The van der Waals surface area contributed by atoms with E-state index < -0.39 is 0 Å². The maximum atomic E-state index is 8.82. The second-order valence-electron chi connectivity index (χ2n) is 3.80. The predicted molar refractivity (Wildman–Crippen MR) is 57.5 cm³/mol. The molecule has 1 N–H and O–H groups in total. The molecule has 1 aliphatic rings. The molecule has 1 aromatic carbocycles. The van der Waals surface area contributed by atoms with Crippen LogP contribution >= 0.6 is 0 Å². The van der Waals surface area contributed by atoms with Gasteiger partial charge in [0.1, 0.15) is 5.75 Å². The molecule has 1 heterocycles. The normalized spacial score (nSPS) is 24.8. The van der Waals surface area contributed by atoms with Crippen LogP contribution in [0.1, 0.15) is 18.0 Å². The molecule has 0 spiro atoms. The number of ether oxygens (including phenoxy) is 1. The Morgan fingerprint density at radius 1 is 1.53 bits per heavy atom. The summed E-state index contributed by atoms with van der Waals surface area (Å²) in [6.07, 6.45) is 0.893. The zero-order valence-electron chi connectivity index (χ0n) is 8.73. The average molecular weight is 202 g/mol. The van der Waals surface area contributed by atoms with Gasteiger partial charge in [-0.1, -0.05) is 12.1 Å². The number of benzene rings is 1. The number of hydrogen-bond donors (Lipinski definition) is 1. The third kappa shape index (κ3) is 2.11.